The number of nitrogens with one attached hydrogen (secondary N) is 3. The highest BCUT2D eigenvalue weighted by molar-refractivity contribution is 5.94. The van der Waals surface area contributed by atoms with Crippen molar-refractivity contribution < 1.29 is 27.5 Å². The van der Waals surface area contributed by atoms with Crippen LogP contribution >= 0.6 is 0 Å². The lowest BCUT2D eigenvalue weighted by Crippen LogP contribution is -2.48. The summed E-state index contributed by atoms with van der Waals surface area (Å²) in [6.07, 6.45) is -1.79. The molecular weight excluding hydrogens is 503 g/mol. The Kier molecular flexibility index (Phi) is 8.55. The highest BCUT2D eigenvalue weighted by Crippen LogP contribution is 2.35. The summed E-state index contributed by atoms with van der Waals surface area (Å²) >= 11 is 0. The topological polar surface area (TPSA) is 112 Å². The molecule has 0 radical (unpaired) electrons. The van der Waals surface area contributed by atoms with Gasteiger partial charge in [0.2, 0.25) is 5.95 Å². The number of benzene rings is 1. The maximum atomic E-state index is 13.7. The lowest BCUT2D eigenvalue weighted by molar-refractivity contribution is -0.137. The normalized spacial score (nSPS) is 20.5. The molecule has 0 unspecified atom stereocenters. The van der Waals surface area contributed by atoms with E-state index in [0.717, 1.165) is 32.1 Å². The number of hydrogen-bond acceptors (Lipinski definition) is 8. The Balaban J connectivity index is 1.49. The first-order chi connectivity index (χ1) is 18.1. The number of carbonyl (C=O) groups is 2. The Labute approximate surface area is 218 Å². The quantitative estimate of drug-likeness (QED) is 0.514. The van der Waals surface area contributed by atoms with E-state index in [-0.39, 0.29) is 17.7 Å². The van der Waals surface area contributed by atoms with Crippen LogP contribution < -0.4 is 16.0 Å². The van der Waals surface area contributed by atoms with Crippen molar-refractivity contribution in [2.75, 3.05) is 51.0 Å². The van der Waals surface area contributed by atoms with Gasteiger partial charge in [0.1, 0.15) is 11.4 Å². The van der Waals surface area contributed by atoms with E-state index in [2.05, 4.69) is 35.6 Å². The van der Waals surface area contributed by atoms with Crippen molar-refractivity contribution in [3.8, 4) is 0 Å². The van der Waals surface area contributed by atoms with Crippen LogP contribution in [0.3, 0.4) is 0 Å². The van der Waals surface area contributed by atoms with Crippen LogP contribution in [0.25, 0.3) is 0 Å². The average Bonchev–Trinajstić information content (AvgIpc) is 2.89. The first-order valence-electron chi connectivity index (χ1n) is 12.5. The van der Waals surface area contributed by atoms with Crippen LogP contribution in [0.1, 0.15) is 41.6 Å². The SMILES string of the molecule is COC(=O)N[C@H]1CCCC[C@@H]1Nc1nc(Nc2ccc(C(=O)N3CCN(C)CC3)cc2)ncc1C(F)(F)F. The van der Waals surface area contributed by atoms with Gasteiger partial charge in [-0.1, -0.05) is 12.8 Å². The molecule has 2 heterocycles. The van der Waals surface area contributed by atoms with E-state index in [1.54, 1.807) is 29.2 Å². The highest BCUT2D eigenvalue weighted by atomic mass is 19.4. The smallest absolute Gasteiger partial charge is 0.421 e. The van der Waals surface area contributed by atoms with E-state index >= 15 is 0 Å². The second kappa shape index (κ2) is 11.8. The van der Waals surface area contributed by atoms with Gasteiger partial charge in [-0.05, 0) is 44.2 Å². The molecule has 1 aromatic carbocycles. The van der Waals surface area contributed by atoms with Crippen LogP contribution in [0.4, 0.5) is 35.4 Å². The van der Waals surface area contributed by atoms with E-state index in [0.29, 0.717) is 37.2 Å². The number of alkyl halides is 3. The van der Waals surface area contributed by atoms with E-state index in [1.165, 1.54) is 7.11 Å². The molecule has 1 aromatic heterocycles. The fourth-order valence-corrected chi connectivity index (χ4v) is 4.64. The zero-order chi connectivity index (χ0) is 27.3. The van der Waals surface area contributed by atoms with E-state index in [4.69, 9.17) is 0 Å². The predicted molar refractivity (Wildman–Crippen MR) is 135 cm³/mol. The van der Waals surface area contributed by atoms with Crippen molar-refractivity contribution in [3.05, 3.63) is 41.6 Å². The monoisotopic (exact) mass is 535 g/mol. The van der Waals surface area contributed by atoms with Gasteiger partial charge in [0, 0.05) is 49.7 Å². The Hall–Kier alpha value is -3.61. The molecule has 1 saturated heterocycles. The van der Waals surface area contributed by atoms with Gasteiger partial charge >= 0.3 is 12.3 Å². The number of halogens is 3. The molecule has 4 rings (SSSR count). The van der Waals surface area contributed by atoms with Crippen molar-refractivity contribution in [2.45, 2.75) is 43.9 Å². The minimum absolute atomic E-state index is 0.0352. The Morgan fingerprint density at radius 1 is 1.03 bits per heavy atom. The van der Waals surface area contributed by atoms with Crippen LogP contribution in [0.5, 0.6) is 0 Å². The minimum Gasteiger partial charge on any atom is -0.453 e. The number of ether oxygens (including phenoxy) is 1. The summed E-state index contributed by atoms with van der Waals surface area (Å²) in [6, 6.07) is 5.78. The summed E-state index contributed by atoms with van der Waals surface area (Å²) in [6.45, 7) is 2.93. The summed E-state index contributed by atoms with van der Waals surface area (Å²) in [5.41, 5.74) is 0.0457. The molecule has 2 fully saturated rings. The van der Waals surface area contributed by atoms with Gasteiger partial charge in [0.05, 0.1) is 13.2 Å². The molecule has 2 aromatic rings. The maximum Gasteiger partial charge on any atom is 0.421 e. The summed E-state index contributed by atoms with van der Waals surface area (Å²) in [4.78, 5) is 36.4. The van der Waals surface area contributed by atoms with Gasteiger partial charge in [0.25, 0.3) is 5.91 Å². The molecule has 2 amide bonds. The van der Waals surface area contributed by atoms with Crippen molar-refractivity contribution in [2.24, 2.45) is 0 Å². The Morgan fingerprint density at radius 2 is 1.68 bits per heavy atom. The zero-order valence-corrected chi connectivity index (χ0v) is 21.3. The lowest BCUT2D eigenvalue weighted by atomic mass is 9.90. The molecule has 13 heteroatoms. The number of hydrogen-bond donors (Lipinski definition) is 3. The largest absolute Gasteiger partial charge is 0.453 e. The number of carbonyl (C=O) groups excluding carboxylic acids is 2. The van der Waals surface area contributed by atoms with Gasteiger partial charge < -0.3 is 30.5 Å². The summed E-state index contributed by atoms with van der Waals surface area (Å²) in [7, 11) is 3.25. The van der Waals surface area contributed by atoms with Gasteiger partial charge in [-0.25, -0.2) is 9.78 Å². The number of anilines is 3. The first kappa shape index (κ1) is 27.4. The number of rotatable bonds is 6. The first-order valence-corrected chi connectivity index (χ1v) is 12.5. The number of nitrogens with zero attached hydrogens (tertiary/aromatic N) is 4. The molecule has 0 spiro atoms. The molecule has 10 nitrogen and oxygen atoms in total. The van der Waals surface area contributed by atoms with Crippen LogP contribution in [-0.2, 0) is 10.9 Å². The lowest BCUT2D eigenvalue weighted by Gasteiger charge is -2.33. The average molecular weight is 536 g/mol. The maximum absolute atomic E-state index is 13.7. The molecule has 1 saturated carbocycles. The molecule has 1 aliphatic heterocycles. The molecule has 2 atom stereocenters. The van der Waals surface area contributed by atoms with E-state index in [9.17, 15) is 22.8 Å². The van der Waals surface area contributed by atoms with E-state index in [1.807, 2.05) is 7.05 Å². The second-order valence-corrected chi connectivity index (χ2v) is 9.53. The molecule has 3 N–H and O–H groups in total. The molecule has 0 bridgehead atoms. The highest BCUT2D eigenvalue weighted by Gasteiger charge is 2.37. The third-order valence-electron chi connectivity index (χ3n) is 6.85. The van der Waals surface area contributed by atoms with Gasteiger partial charge in [-0.2, -0.15) is 18.2 Å². The van der Waals surface area contributed by atoms with Crippen LogP contribution in [-0.4, -0.2) is 84.2 Å². The number of amides is 2. The fraction of sp³-hybridized carbons (Fsp3) is 0.520. The van der Waals surface area contributed by atoms with Gasteiger partial charge in [-0.3, -0.25) is 4.79 Å². The van der Waals surface area contributed by atoms with Crippen molar-refractivity contribution >= 4 is 29.5 Å². The van der Waals surface area contributed by atoms with Crippen molar-refractivity contribution in [1.29, 1.82) is 0 Å². The van der Waals surface area contributed by atoms with Gasteiger partial charge in [-0.15, -0.1) is 0 Å². The number of alkyl carbamates (subject to hydrolysis) is 1. The minimum atomic E-state index is -4.67. The van der Waals surface area contributed by atoms with E-state index < -0.39 is 29.9 Å². The molecule has 1 aliphatic carbocycles. The second-order valence-electron chi connectivity index (χ2n) is 9.53. The summed E-state index contributed by atoms with van der Waals surface area (Å²) in [5, 5.41) is 8.50. The Bertz CT molecular complexity index is 1120. The molecule has 38 heavy (non-hydrogen) atoms. The predicted octanol–water partition coefficient (Wildman–Crippen LogP) is 3.71. The van der Waals surface area contributed by atoms with Gasteiger partial charge in [0.15, 0.2) is 0 Å². The number of piperazine rings is 1. The standard InChI is InChI=1S/C25H32F3N7O3/c1-34-11-13-35(14-12-34)22(36)16-7-9-17(10-8-16)30-23-29-15-18(25(26,27)28)21(33-23)31-19-5-3-4-6-20(19)32-24(37)38-2/h7-10,15,19-20H,3-6,11-14H2,1-2H3,(H,32,37)(H2,29,30,31,33)/t19-,20-/m0/s1. The van der Waals surface area contributed by atoms with Crippen molar-refractivity contribution in [3.63, 3.8) is 0 Å². The summed E-state index contributed by atoms with van der Waals surface area (Å²) < 4.78 is 45.9. The third kappa shape index (κ3) is 6.82. The van der Waals surface area contributed by atoms with Crippen molar-refractivity contribution in [1.82, 2.24) is 25.1 Å². The molecule has 206 valence electrons. The summed E-state index contributed by atoms with van der Waals surface area (Å²) in [5.74, 6) is -0.475. The zero-order valence-electron chi connectivity index (χ0n) is 21.3. The van der Waals surface area contributed by atoms with Crippen LogP contribution in [0.15, 0.2) is 30.5 Å². The van der Waals surface area contributed by atoms with Crippen LogP contribution in [0.2, 0.25) is 0 Å². The molecule has 2 aliphatic rings. The Morgan fingerprint density at radius 3 is 2.32 bits per heavy atom. The third-order valence-corrected chi connectivity index (χ3v) is 6.85. The molecular formula is C25H32F3N7O3. The number of methoxy groups -OCH3 is 1. The van der Waals surface area contributed by atoms with Crippen LogP contribution in [0, 0.1) is 0 Å². The number of aromatic nitrogens is 2. The number of likely N-dealkylation sites (N-methyl/N-ethyl adjacent to an activating group) is 1. The fourth-order valence-electron chi connectivity index (χ4n) is 4.64.